The first-order chi connectivity index (χ1) is 11.2. The van der Waals surface area contributed by atoms with Crippen LogP contribution in [0, 0.1) is 11.7 Å². The van der Waals surface area contributed by atoms with E-state index in [2.05, 4.69) is 0 Å². The molecule has 1 atom stereocenters. The summed E-state index contributed by atoms with van der Waals surface area (Å²) in [5, 5.41) is 10.1. The standard InChI is InChI=1S/C15H17FN2O5S/c1-8(19)4-9-2-3-10-6-12(20)15(14(16)11(10)5-9)18-7-13(21)17-24(18,22)23/h6,9,20H,2-5,7H2,1H3,(H,17,21). The highest BCUT2D eigenvalue weighted by molar-refractivity contribution is 7.92. The molecule has 1 aromatic rings. The molecule has 1 saturated heterocycles. The molecule has 0 aromatic heterocycles. The van der Waals surface area contributed by atoms with E-state index in [9.17, 15) is 27.5 Å². The molecule has 1 fully saturated rings. The molecule has 3 rings (SSSR count). The Labute approximate surface area is 138 Å². The van der Waals surface area contributed by atoms with Crippen molar-refractivity contribution in [3.05, 3.63) is 23.0 Å². The number of amides is 1. The summed E-state index contributed by atoms with van der Waals surface area (Å²) in [6.07, 6.45) is 1.83. The summed E-state index contributed by atoms with van der Waals surface area (Å²) in [6.45, 7) is 0.894. The lowest BCUT2D eigenvalue weighted by Gasteiger charge is -2.27. The number of phenols is 1. The first kappa shape index (κ1) is 16.7. The van der Waals surface area contributed by atoms with Crippen molar-refractivity contribution < 1.29 is 27.5 Å². The normalized spacial score (nSPS) is 22.2. The van der Waals surface area contributed by atoms with Gasteiger partial charge in [0.1, 0.15) is 23.8 Å². The number of halogens is 1. The number of carbonyl (C=O) groups is 2. The molecular weight excluding hydrogens is 339 g/mol. The third kappa shape index (κ3) is 2.83. The number of benzene rings is 1. The monoisotopic (exact) mass is 356 g/mol. The van der Waals surface area contributed by atoms with Crippen LogP contribution in [0.4, 0.5) is 10.1 Å². The van der Waals surface area contributed by atoms with Crippen LogP contribution < -0.4 is 9.03 Å². The van der Waals surface area contributed by atoms with E-state index in [4.69, 9.17) is 0 Å². The summed E-state index contributed by atoms with van der Waals surface area (Å²) in [5.74, 6) is -2.16. The fourth-order valence-corrected chi connectivity index (χ4v) is 4.54. The molecule has 1 aliphatic heterocycles. The molecule has 1 aliphatic carbocycles. The number of aryl methyl sites for hydroxylation is 1. The van der Waals surface area contributed by atoms with Gasteiger partial charge in [0, 0.05) is 6.42 Å². The predicted octanol–water partition coefficient (Wildman–Crippen LogP) is 0.796. The molecule has 1 heterocycles. The molecule has 0 radical (unpaired) electrons. The molecule has 1 amide bonds. The topological polar surface area (TPSA) is 104 Å². The zero-order valence-electron chi connectivity index (χ0n) is 13.0. The average Bonchev–Trinajstić information content (AvgIpc) is 2.72. The Morgan fingerprint density at radius 2 is 2.21 bits per heavy atom. The Balaban J connectivity index is 2.04. The minimum absolute atomic E-state index is 0.0137. The summed E-state index contributed by atoms with van der Waals surface area (Å²) >= 11 is 0. The predicted molar refractivity (Wildman–Crippen MR) is 83.3 cm³/mol. The molecule has 1 unspecified atom stereocenters. The highest BCUT2D eigenvalue weighted by Gasteiger charge is 2.39. The zero-order valence-corrected chi connectivity index (χ0v) is 13.8. The van der Waals surface area contributed by atoms with Gasteiger partial charge in [0.05, 0.1) is 0 Å². The van der Waals surface area contributed by atoms with Crippen LogP contribution in [0.15, 0.2) is 6.07 Å². The SMILES string of the molecule is CC(=O)CC1CCc2cc(O)c(N3CC(=O)NS3(=O)=O)c(F)c2C1. The van der Waals surface area contributed by atoms with Crippen molar-refractivity contribution in [3.63, 3.8) is 0 Å². The molecule has 0 saturated carbocycles. The van der Waals surface area contributed by atoms with E-state index in [1.54, 1.807) is 4.72 Å². The first-order valence-electron chi connectivity index (χ1n) is 7.55. The van der Waals surface area contributed by atoms with Crippen LogP contribution in [-0.2, 0) is 32.6 Å². The quantitative estimate of drug-likeness (QED) is 0.834. The Bertz CT molecular complexity index is 837. The van der Waals surface area contributed by atoms with E-state index in [1.165, 1.54) is 13.0 Å². The second kappa shape index (κ2) is 5.73. The molecule has 0 bridgehead atoms. The van der Waals surface area contributed by atoms with Gasteiger partial charge in [-0.05, 0) is 49.3 Å². The number of aromatic hydroxyl groups is 1. The number of fused-ring (bicyclic) bond motifs is 1. The van der Waals surface area contributed by atoms with Crippen LogP contribution in [0.5, 0.6) is 5.75 Å². The Morgan fingerprint density at radius 1 is 1.50 bits per heavy atom. The van der Waals surface area contributed by atoms with E-state index in [0.29, 0.717) is 41.1 Å². The van der Waals surface area contributed by atoms with Crippen molar-refractivity contribution in [1.29, 1.82) is 0 Å². The number of Topliss-reactive ketones (excluding diaryl/α,β-unsaturated/α-hetero) is 1. The molecule has 7 nitrogen and oxygen atoms in total. The number of nitrogens with zero attached hydrogens (tertiary/aromatic N) is 1. The summed E-state index contributed by atoms with van der Waals surface area (Å²) < 4.78 is 41.1. The molecule has 24 heavy (non-hydrogen) atoms. The minimum atomic E-state index is -4.21. The number of hydrogen-bond acceptors (Lipinski definition) is 5. The number of carbonyl (C=O) groups excluding carboxylic acids is 2. The lowest BCUT2D eigenvalue weighted by Crippen LogP contribution is -2.31. The second-order valence-corrected chi connectivity index (χ2v) is 7.84. The molecule has 130 valence electrons. The second-order valence-electron chi connectivity index (χ2n) is 6.25. The van der Waals surface area contributed by atoms with Gasteiger partial charge in [-0.1, -0.05) is 0 Å². The van der Waals surface area contributed by atoms with E-state index < -0.39 is 39.9 Å². The van der Waals surface area contributed by atoms with Gasteiger partial charge in [-0.15, -0.1) is 0 Å². The van der Waals surface area contributed by atoms with Crippen LogP contribution in [0.2, 0.25) is 0 Å². The van der Waals surface area contributed by atoms with Gasteiger partial charge in [0.25, 0.3) is 5.91 Å². The fourth-order valence-electron chi connectivity index (χ4n) is 3.37. The third-order valence-corrected chi connectivity index (χ3v) is 5.75. The number of nitrogens with one attached hydrogen (secondary N) is 1. The van der Waals surface area contributed by atoms with Crippen molar-refractivity contribution >= 4 is 27.6 Å². The maximum absolute atomic E-state index is 15.0. The maximum Gasteiger partial charge on any atom is 0.326 e. The summed E-state index contributed by atoms with van der Waals surface area (Å²) in [5.41, 5.74) is 0.384. The smallest absolute Gasteiger partial charge is 0.326 e. The highest BCUT2D eigenvalue weighted by Crippen LogP contribution is 2.40. The van der Waals surface area contributed by atoms with Crippen LogP contribution in [0.25, 0.3) is 0 Å². The average molecular weight is 356 g/mol. The summed E-state index contributed by atoms with van der Waals surface area (Å²) in [4.78, 5) is 22.6. The van der Waals surface area contributed by atoms with Gasteiger partial charge >= 0.3 is 10.2 Å². The maximum atomic E-state index is 15.0. The van der Waals surface area contributed by atoms with E-state index in [0.717, 1.165) is 0 Å². The van der Waals surface area contributed by atoms with Crippen molar-refractivity contribution in [2.75, 3.05) is 10.8 Å². The van der Waals surface area contributed by atoms with Crippen LogP contribution in [-0.4, -0.2) is 31.8 Å². The third-order valence-electron chi connectivity index (χ3n) is 4.37. The summed E-state index contributed by atoms with van der Waals surface area (Å²) in [7, 11) is -4.21. The van der Waals surface area contributed by atoms with Crippen LogP contribution >= 0.6 is 0 Å². The van der Waals surface area contributed by atoms with Gasteiger partial charge in [-0.25, -0.2) is 13.4 Å². The fraction of sp³-hybridized carbons (Fsp3) is 0.467. The molecule has 1 aromatic carbocycles. The van der Waals surface area contributed by atoms with Gasteiger partial charge in [-0.2, -0.15) is 8.42 Å². The van der Waals surface area contributed by atoms with Gasteiger partial charge in [-0.3, -0.25) is 4.79 Å². The van der Waals surface area contributed by atoms with Crippen molar-refractivity contribution in [2.24, 2.45) is 5.92 Å². The molecule has 0 spiro atoms. The molecule has 9 heteroatoms. The number of phenolic OH excluding ortho intramolecular Hbond substituents is 1. The first-order valence-corrected chi connectivity index (χ1v) is 8.99. The van der Waals surface area contributed by atoms with E-state index >= 15 is 0 Å². The number of ketones is 1. The Kier molecular flexibility index (Phi) is 3.98. The Hall–Kier alpha value is -2.16. The molecular formula is C15H17FN2O5S. The number of rotatable bonds is 3. The molecule has 2 aliphatic rings. The largest absolute Gasteiger partial charge is 0.506 e. The minimum Gasteiger partial charge on any atom is -0.506 e. The highest BCUT2D eigenvalue weighted by atomic mass is 32.2. The van der Waals surface area contributed by atoms with E-state index in [-0.39, 0.29) is 11.7 Å². The van der Waals surface area contributed by atoms with Crippen molar-refractivity contribution in [3.8, 4) is 5.75 Å². The van der Waals surface area contributed by atoms with Gasteiger partial charge in [0.15, 0.2) is 5.82 Å². The Morgan fingerprint density at radius 3 is 2.79 bits per heavy atom. The van der Waals surface area contributed by atoms with Gasteiger partial charge in [0.2, 0.25) is 0 Å². The summed E-state index contributed by atoms with van der Waals surface area (Å²) in [6, 6.07) is 1.34. The number of hydrogen-bond donors (Lipinski definition) is 2. The van der Waals surface area contributed by atoms with Crippen LogP contribution in [0.1, 0.15) is 30.9 Å². The molecule has 2 N–H and O–H groups in total. The zero-order chi connectivity index (χ0) is 17.6. The number of anilines is 1. The van der Waals surface area contributed by atoms with Crippen molar-refractivity contribution in [2.45, 2.75) is 32.6 Å². The lowest BCUT2D eigenvalue weighted by molar-refractivity contribution is -0.118. The van der Waals surface area contributed by atoms with Crippen LogP contribution in [0.3, 0.4) is 0 Å². The van der Waals surface area contributed by atoms with Gasteiger partial charge < -0.3 is 9.90 Å². The van der Waals surface area contributed by atoms with Crippen molar-refractivity contribution in [1.82, 2.24) is 4.72 Å². The van der Waals surface area contributed by atoms with E-state index in [1.807, 2.05) is 0 Å². The lowest BCUT2D eigenvalue weighted by atomic mass is 9.81.